The molecule has 9 nitrogen and oxygen atoms in total. The first-order valence-corrected chi connectivity index (χ1v) is 11.8. The number of rotatable bonds is 5. The van der Waals surface area contributed by atoms with E-state index in [4.69, 9.17) is 20.8 Å². The summed E-state index contributed by atoms with van der Waals surface area (Å²) >= 11 is 5.95. The van der Waals surface area contributed by atoms with Gasteiger partial charge in [0, 0.05) is 44.3 Å². The number of carbonyl (C=O) groups excluding carboxylic acids is 1. The van der Waals surface area contributed by atoms with Gasteiger partial charge in [0.05, 0.1) is 10.4 Å². The monoisotopic (exact) mass is 479 g/mol. The van der Waals surface area contributed by atoms with Gasteiger partial charge in [0.2, 0.25) is 10.0 Å². The fourth-order valence-electron chi connectivity index (χ4n) is 3.62. The highest BCUT2D eigenvalue weighted by Gasteiger charge is 2.32. The van der Waals surface area contributed by atoms with E-state index in [1.54, 1.807) is 49.2 Å². The minimum absolute atomic E-state index is 0.0387. The Bertz CT molecular complexity index is 1320. The number of aromatic nitrogens is 1. The molecule has 1 saturated heterocycles. The number of hydrogen-bond donors (Lipinski definition) is 0. The van der Waals surface area contributed by atoms with Gasteiger partial charge in [-0.15, -0.1) is 0 Å². The van der Waals surface area contributed by atoms with E-state index in [0.717, 1.165) is 0 Å². The molecule has 2 aromatic carbocycles. The van der Waals surface area contributed by atoms with Crippen molar-refractivity contribution in [2.75, 3.05) is 26.2 Å². The van der Waals surface area contributed by atoms with Gasteiger partial charge in [0.25, 0.3) is 5.91 Å². The average molecular weight is 480 g/mol. The Labute approximate surface area is 189 Å². The summed E-state index contributed by atoms with van der Waals surface area (Å²) in [4.78, 5) is 26.0. The quantitative estimate of drug-likeness (QED) is 0.555. The normalized spacial score (nSPS) is 16.3. The summed E-state index contributed by atoms with van der Waals surface area (Å²) in [5, 5.41) is 0.508. The van der Waals surface area contributed by atoms with Crippen molar-refractivity contribution in [1.29, 1.82) is 0 Å². The SMILES string of the molecule is CC(Oc1cccc(Cl)c1)C(=O)N1CCN(S(=O)(=O)c2ccc3c(c2)oc(=O)n3C)CC1. The highest BCUT2D eigenvalue weighted by molar-refractivity contribution is 7.89. The molecular weight excluding hydrogens is 458 g/mol. The molecule has 0 spiro atoms. The number of ether oxygens (including phenoxy) is 1. The van der Waals surface area contributed by atoms with E-state index in [0.29, 0.717) is 16.3 Å². The number of oxazole rings is 1. The molecule has 1 aliphatic heterocycles. The summed E-state index contributed by atoms with van der Waals surface area (Å²) < 4.78 is 39.5. The van der Waals surface area contributed by atoms with Crippen LogP contribution < -0.4 is 10.5 Å². The van der Waals surface area contributed by atoms with Gasteiger partial charge in [-0.1, -0.05) is 17.7 Å². The first-order valence-electron chi connectivity index (χ1n) is 9.97. The molecule has 0 saturated carbocycles. The van der Waals surface area contributed by atoms with Crippen molar-refractivity contribution in [3.05, 3.63) is 58.0 Å². The van der Waals surface area contributed by atoms with Gasteiger partial charge in [-0.25, -0.2) is 13.2 Å². The number of halogens is 1. The van der Waals surface area contributed by atoms with Crippen LogP contribution in [0.15, 0.2) is 56.6 Å². The standard InChI is InChI=1S/C21H22ClN3O6S/c1-14(30-16-5-3-4-15(22)12-16)20(26)24-8-10-25(11-9-24)32(28,29)17-6-7-18-19(13-17)31-21(27)23(18)2/h3-7,12-14H,8-11H2,1-2H3. The van der Waals surface area contributed by atoms with Crippen molar-refractivity contribution in [3.63, 3.8) is 0 Å². The second-order valence-electron chi connectivity index (χ2n) is 7.50. The number of fused-ring (bicyclic) bond motifs is 1. The lowest BCUT2D eigenvalue weighted by Crippen LogP contribution is -2.53. The molecule has 1 aromatic heterocycles. The third-order valence-corrected chi connectivity index (χ3v) is 7.54. The fourth-order valence-corrected chi connectivity index (χ4v) is 5.24. The third-order valence-electron chi connectivity index (χ3n) is 5.41. The lowest BCUT2D eigenvalue weighted by Gasteiger charge is -2.35. The molecule has 2 heterocycles. The predicted octanol–water partition coefficient (Wildman–Crippen LogP) is 2.09. The zero-order valence-electron chi connectivity index (χ0n) is 17.5. The smallest absolute Gasteiger partial charge is 0.419 e. The number of carbonyl (C=O) groups is 1. The summed E-state index contributed by atoms with van der Waals surface area (Å²) in [5.41, 5.74) is 0.720. The van der Waals surface area contributed by atoms with E-state index in [9.17, 15) is 18.0 Å². The highest BCUT2D eigenvalue weighted by atomic mass is 35.5. The van der Waals surface area contributed by atoms with Crippen LogP contribution >= 0.6 is 11.6 Å². The zero-order chi connectivity index (χ0) is 23.0. The van der Waals surface area contributed by atoms with E-state index in [2.05, 4.69) is 0 Å². The molecule has 1 atom stereocenters. The van der Waals surface area contributed by atoms with Crippen LogP contribution in [0.3, 0.4) is 0 Å². The van der Waals surface area contributed by atoms with Crippen LogP contribution in [0.25, 0.3) is 11.1 Å². The van der Waals surface area contributed by atoms with Crippen molar-refractivity contribution in [2.45, 2.75) is 17.9 Å². The summed E-state index contributed by atoms with van der Waals surface area (Å²) in [5.74, 6) is -0.298. The fraction of sp³-hybridized carbons (Fsp3) is 0.333. The molecule has 0 N–H and O–H groups in total. The number of nitrogens with zero attached hydrogens (tertiary/aromatic N) is 3. The van der Waals surface area contributed by atoms with Crippen LogP contribution in [0.4, 0.5) is 0 Å². The van der Waals surface area contributed by atoms with Crippen molar-refractivity contribution < 1.29 is 22.4 Å². The molecule has 1 amide bonds. The number of aryl methyl sites for hydroxylation is 1. The van der Waals surface area contributed by atoms with Crippen LogP contribution in [-0.2, 0) is 21.9 Å². The average Bonchev–Trinajstić information content (AvgIpc) is 3.06. The van der Waals surface area contributed by atoms with Crippen LogP contribution in [0.2, 0.25) is 5.02 Å². The second-order valence-corrected chi connectivity index (χ2v) is 9.88. The number of hydrogen-bond acceptors (Lipinski definition) is 6. The Morgan fingerprint density at radius 2 is 1.84 bits per heavy atom. The Kier molecular flexibility index (Phi) is 6.02. The predicted molar refractivity (Wildman–Crippen MR) is 118 cm³/mol. The van der Waals surface area contributed by atoms with Gasteiger partial charge in [-0.2, -0.15) is 4.31 Å². The maximum absolute atomic E-state index is 13.1. The molecule has 0 radical (unpaired) electrons. The molecule has 0 bridgehead atoms. The third kappa shape index (κ3) is 4.25. The van der Waals surface area contributed by atoms with Gasteiger partial charge < -0.3 is 14.1 Å². The second kappa shape index (κ2) is 8.61. The van der Waals surface area contributed by atoms with E-state index >= 15 is 0 Å². The van der Waals surface area contributed by atoms with E-state index in [-0.39, 0.29) is 42.6 Å². The Morgan fingerprint density at radius 3 is 2.53 bits per heavy atom. The van der Waals surface area contributed by atoms with Crippen LogP contribution in [0.5, 0.6) is 5.75 Å². The summed E-state index contributed by atoms with van der Waals surface area (Å²) in [6.07, 6.45) is -0.736. The maximum Gasteiger partial charge on any atom is 0.419 e. The zero-order valence-corrected chi connectivity index (χ0v) is 19.1. The molecule has 32 heavy (non-hydrogen) atoms. The topological polar surface area (TPSA) is 102 Å². The molecule has 3 aromatic rings. The summed E-state index contributed by atoms with van der Waals surface area (Å²) in [7, 11) is -2.25. The molecule has 0 aliphatic carbocycles. The van der Waals surface area contributed by atoms with Gasteiger partial charge >= 0.3 is 5.76 Å². The number of sulfonamides is 1. The minimum Gasteiger partial charge on any atom is -0.481 e. The first kappa shape index (κ1) is 22.4. The molecule has 1 aliphatic rings. The number of benzene rings is 2. The Morgan fingerprint density at radius 1 is 1.12 bits per heavy atom. The number of piperazine rings is 1. The largest absolute Gasteiger partial charge is 0.481 e. The molecular formula is C21H22ClN3O6S. The van der Waals surface area contributed by atoms with Crippen molar-refractivity contribution in [1.82, 2.24) is 13.8 Å². The maximum atomic E-state index is 13.1. The van der Waals surface area contributed by atoms with Crippen molar-refractivity contribution in [3.8, 4) is 5.75 Å². The van der Waals surface area contributed by atoms with Crippen LogP contribution in [0, 0.1) is 0 Å². The molecule has 1 unspecified atom stereocenters. The molecule has 170 valence electrons. The van der Waals surface area contributed by atoms with E-state index < -0.39 is 21.9 Å². The Balaban J connectivity index is 1.42. The van der Waals surface area contributed by atoms with Gasteiger partial charge in [0.15, 0.2) is 11.7 Å². The summed E-state index contributed by atoms with van der Waals surface area (Å²) in [6.45, 7) is 2.42. The minimum atomic E-state index is -3.80. The molecule has 4 rings (SSSR count). The van der Waals surface area contributed by atoms with Crippen molar-refractivity contribution >= 4 is 38.6 Å². The molecule has 1 fully saturated rings. The van der Waals surface area contributed by atoms with Crippen molar-refractivity contribution in [2.24, 2.45) is 7.05 Å². The first-order chi connectivity index (χ1) is 15.2. The van der Waals surface area contributed by atoms with Gasteiger partial charge in [-0.05, 0) is 37.3 Å². The van der Waals surface area contributed by atoms with E-state index in [1.165, 1.54) is 21.0 Å². The van der Waals surface area contributed by atoms with E-state index in [1.807, 2.05) is 0 Å². The highest BCUT2D eigenvalue weighted by Crippen LogP contribution is 2.23. The van der Waals surface area contributed by atoms with Gasteiger partial charge in [0.1, 0.15) is 5.75 Å². The van der Waals surface area contributed by atoms with Crippen LogP contribution in [0.1, 0.15) is 6.92 Å². The van der Waals surface area contributed by atoms with Gasteiger partial charge in [-0.3, -0.25) is 9.36 Å². The number of amides is 1. The summed E-state index contributed by atoms with van der Waals surface area (Å²) in [6, 6.07) is 11.1. The lowest BCUT2D eigenvalue weighted by atomic mass is 10.2. The van der Waals surface area contributed by atoms with Crippen LogP contribution in [-0.4, -0.2) is 60.4 Å². The lowest BCUT2D eigenvalue weighted by molar-refractivity contribution is -0.139. The Hall–Kier alpha value is -2.82. The molecule has 11 heteroatoms.